The molecule has 1 heterocycles. The standard InChI is InChI=1S/C19H30O9/c1-11(20)8-6-7-9-24-19-18(27-15(5)23)17(26-14(4)22)12(2)16(28-19)10-25-13(3)21/h12,16-19H,6-10H2,1-5H3/t12-,16?,17?,18+,19-/m1/s1. The summed E-state index contributed by atoms with van der Waals surface area (Å²) in [4.78, 5) is 45.3. The molecule has 0 radical (unpaired) electrons. The molecule has 0 amide bonds. The molecule has 2 unspecified atom stereocenters. The molecule has 5 atom stereocenters. The van der Waals surface area contributed by atoms with Crippen LogP contribution in [0.3, 0.4) is 0 Å². The zero-order chi connectivity index (χ0) is 21.3. The number of hydrogen-bond acceptors (Lipinski definition) is 9. The van der Waals surface area contributed by atoms with Gasteiger partial charge in [0.15, 0.2) is 12.4 Å². The summed E-state index contributed by atoms with van der Waals surface area (Å²) < 4.78 is 27.3. The van der Waals surface area contributed by atoms with E-state index in [1.165, 1.54) is 27.7 Å². The molecule has 160 valence electrons. The number of ether oxygens (including phenoxy) is 5. The van der Waals surface area contributed by atoms with E-state index in [4.69, 9.17) is 23.7 Å². The van der Waals surface area contributed by atoms with E-state index in [1.54, 1.807) is 6.92 Å². The second kappa shape index (κ2) is 11.8. The van der Waals surface area contributed by atoms with Crippen LogP contribution in [0, 0.1) is 5.92 Å². The molecule has 0 bridgehead atoms. The van der Waals surface area contributed by atoms with Crippen molar-refractivity contribution in [1.29, 1.82) is 0 Å². The maximum atomic E-state index is 11.6. The number of hydrogen-bond donors (Lipinski definition) is 0. The minimum atomic E-state index is -0.998. The fourth-order valence-corrected chi connectivity index (χ4v) is 2.92. The van der Waals surface area contributed by atoms with E-state index in [2.05, 4.69) is 0 Å². The van der Waals surface area contributed by atoms with Crippen molar-refractivity contribution >= 4 is 23.7 Å². The Balaban J connectivity index is 2.89. The van der Waals surface area contributed by atoms with Crippen LogP contribution in [-0.2, 0) is 42.9 Å². The topological polar surface area (TPSA) is 114 Å². The van der Waals surface area contributed by atoms with Crippen LogP contribution in [0.5, 0.6) is 0 Å². The number of rotatable bonds is 10. The molecular weight excluding hydrogens is 372 g/mol. The van der Waals surface area contributed by atoms with Crippen molar-refractivity contribution in [3.63, 3.8) is 0 Å². The van der Waals surface area contributed by atoms with Gasteiger partial charge in [0.2, 0.25) is 0 Å². The Labute approximate surface area is 165 Å². The third-order valence-corrected chi connectivity index (χ3v) is 4.27. The van der Waals surface area contributed by atoms with Gasteiger partial charge in [0.25, 0.3) is 0 Å². The van der Waals surface area contributed by atoms with E-state index in [9.17, 15) is 19.2 Å². The Bertz CT molecular complexity index is 560. The largest absolute Gasteiger partial charge is 0.463 e. The summed E-state index contributed by atoms with van der Waals surface area (Å²) in [5.41, 5.74) is 0. The second-order valence-electron chi connectivity index (χ2n) is 6.88. The first-order chi connectivity index (χ1) is 13.1. The third-order valence-electron chi connectivity index (χ3n) is 4.27. The number of unbranched alkanes of at least 4 members (excludes halogenated alkanes) is 1. The minimum Gasteiger partial charge on any atom is -0.463 e. The van der Waals surface area contributed by atoms with Gasteiger partial charge in [-0.15, -0.1) is 0 Å². The predicted molar refractivity (Wildman–Crippen MR) is 96.1 cm³/mol. The number of Topliss-reactive ketones (excluding diaryl/α,β-unsaturated/α-hetero) is 1. The Hall–Kier alpha value is -2.00. The number of esters is 3. The van der Waals surface area contributed by atoms with Crippen LogP contribution < -0.4 is 0 Å². The van der Waals surface area contributed by atoms with Gasteiger partial charge >= 0.3 is 17.9 Å². The summed E-state index contributed by atoms with van der Waals surface area (Å²) in [5.74, 6) is -1.89. The Kier molecular flexibility index (Phi) is 10.1. The summed E-state index contributed by atoms with van der Waals surface area (Å²) in [6.45, 7) is 7.26. The number of ketones is 1. The molecule has 0 aromatic rings. The van der Waals surface area contributed by atoms with E-state index >= 15 is 0 Å². The normalized spacial score (nSPS) is 27.0. The van der Waals surface area contributed by atoms with E-state index < -0.39 is 48.4 Å². The zero-order valence-electron chi connectivity index (χ0n) is 17.1. The van der Waals surface area contributed by atoms with Gasteiger partial charge in [-0.1, -0.05) is 6.92 Å². The average Bonchev–Trinajstić information content (AvgIpc) is 2.57. The predicted octanol–water partition coefficient (Wildman–Crippen LogP) is 1.55. The van der Waals surface area contributed by atoms with E-state index in [-0.39, 0.29) is 19.0 Å². The van der Waals surface area contributed by atoms with Gasteiger partial charge in [0, 0.05) is 39.7 Å². The summed E-state index contributed by atoms with van der Waals surface area (Å²) in [5, 5.41) is 0. The quantitative estimate of drug-likeness (QED) is 0.305. The number of carbonyl (C=O) groups is 4. The minimum absolute atomic E-state index is 0.0503. The van der Waals surface area contributed by atoms with Gasteiger partial charge in [-0.2, -0.15) is 0 Å². The Morgan fingerprint density at radius 3 is 2.00 bits per heavy atom. The monoisotopic (exact) mass is 402 g/mol. The van der Waals surface area contributed by atoms with Gasteiger partial charge in [-0.3, -0.25) is 14.4 Å². The van der Waals surface area contributed by atoms with Crippen molar-refractivity contribution in [3.8, 4) is 0 Å². The first kappa shape index (κ1) is 24.0. The molecule has 1 aliphatic rings. The molecule has 0 saturated carbocycles. The van der Waals surface area contributed by atoms with Gasteiger partial charge in [0.05, 0.1) is 0 Å². The first-order valence-electron chi connectivity index (χ1n) is 9.36. The molecule has 0 aliphatic carbocycles. The molecule has 1 fully saturated rings. The van der Waals surface area contributed by atoms with Gasteiger partial charge in [0.1, 0.15) is 24.6 Å². The van der Waals surface area contributed by atoms with E-state index in [1.807, 2.05) is 0 Å². The summed E-state index contributed by atoms with van der Waals surface area (Å²) in [7, 11) is 0. The highest BCUT2D eigenvalue weighted by atomic mass is 16.7. The first-order valence-corrected chi connectivity index (χ1v) is 9.36. The fourth-order valence-electron chi connectivity index (χ4n) is 2.92. The van der Waals surface area contributed by atoms with Gasteiger partial charge < -0.3 is 28.5 Å². The molecule has 1 rings (SSSR count). The lowest BCUT2D eigenvalue weighted by Crippen LogP contribution is -2.58. The molecule has 0 aromatic heterocycles. The highest BCUT2D eigenvalue weighted by molar-refractivity contribution is 5.75. The average molecular weight is 402 g/mol. The molecule has 1 aliphatic heterocycles. The third kappa shape index (κ3) is 8.35. The lowest BCUT2D eigenvalue weighted by Gasteiger charge is -2.43. The van der Waals surface area contributed by atoms with Crippen LogP contribution in [0.2, 0.25) is 0 Å². The van der Waals surface area contributed by atoms with Crippen LogP contribution in [0.1, 0.15) is 53.9 Å². The van der Waals surface area contributed by atoms with Gasteiger partial charge in [-0.25, -0.2) is 0 Å². The maximum absolute atomic E-state index is 11.6. The van der Waals surface area contributed by atoms with Crippen molar-refractivity contribution < 1.29 is 42.9 Å². The molecule has 0 aromatic carbocycles. The second-order valence-corrected chi connectivity index (χ2v) is 6.88. The molecular formula is C19H30O9. The zero-order valence-corrected chi connectivity index (χ0v) is 17.1. The molecule has 9 heteroatoms. The van der Waals surface area contributed by atoms with Crippen molar-refractivity contribution in [2.24, 2.45) is 5.92 Å². The highest BCUT2D eigenvalue weighted by Gasteiger charge is 2.48. The molecule has 1 saturated heterocycles. The molecule has 28 heavy (non-hydrogen) atoms. The summed E-state index contributed by atoms with van der Waals surface area (Å²) in [6, 6.07) is 0. The van der Waals surface area contributed by atoms with Crippen LogP contribution in [0.4, 0.5) is 0 Å². The van der Waals surface area contributed by atoms with E-state index in [0.29, 0.717) is 19.3 Å². The van der Waals surface area contributed by atoms with Crippen molar-refractivity contribution in [2.45, 2.75) is 78.5 Å². The van der Waals surface area contributed by atoms with Crippen molar-refractivity contribution in [1.82, 2.24) is 0 Å². The molecule has 0 spiro atoms. The molecule has 9 nitrogen and oxygen atoms in total. The SMILES string of the molecule is CC(=O)CCCCO[C@@H]1OC(COC(C)=O)[C@@H](C)C(OC(C)=O)[C@@H]1OC(C)=O. The smallest absolute Gasteiger partial charge is 0.303 e. The number of carbonyl (C=O) groups excluding carboxylic acids is 4. The highest BCUT2D eigenvalue weighted by Crippen LogP contribution is 2.31. The van der Waals surface area contributed by atoms with E-state index in [0.717, 1.165) is 0 Å². The van der Waals surface area contributed by atoms with Crippen molar-refractivity contribution in [3.05, 3.63) is 0 Å². The Morgan fingerprint density at radius 1 is 0.857 bits per heavy atom. The molecule has 0 N–H and O–H groups in total. The summed E-state index contributed by atoms with van der Waals surface area (Å²) >= 11 is 0. The van der Waals surface area contributed by atoms with Crippen LogP contribution >= 0.6 is 0 Å². The Morgan fingerprint density at radius 2 is 1.46 bits per heavy atom. The fraction of sp³-hybridized carbons (Fsp3) is 0.789. The van der Waals surface area contributed by atoms with Gasteiger partial charge in [-0.05, 0) is 19.8 Å². The lowest BCUT2D eigenvalue weighted by atomic mass is 9.90. The maximum Gasteiger partial charge on any atom is 0.303 e. The van der Waals surface area contributed by atoms with Crippen LogP contribution in [0.25, 0.3) is 0 Å². The van der Waals surface area contributed by atoms with Crippen LogP contribution in [0.15, 0.2) is 0 Å². The lowest BCUT2D eigenvalue weighted by molar-refractivity contribution is -0.294. The van der Waals surface area contributed by atoms with Crippen LogP contribution in [-0.4, -0.2) is 61.5 Å². The summed E-state index contributed by atoms with van der Waals surface area (Å²) in [6.07, 6.45) is -1.68. The van der Waals surface area contributed by atoms with Crippen molar-refractivity contribution in [2.75, 3.05) is 13.2 Å².